The summed E-state index contributed by atoms with van der Waals surface area (Å²) in [6.45, 7) is 13.6. The number of nitrogens with one attached hydrogen (secondary N) is 4. The van der Waals surface area contributed by atoms with Gasteiger partial charge < -0.3 is 38.6 Å². The van der Waals surface area contributed by atoms with Crippen molar-refractivity contribution >= 4 is 60.9 Å². The van der Waals surface area contributed by atoms with E-state index in [0.29, 0.717) is 64.2 Å². The fourth-order valence-corrected chi connectivity index (χ4v) is 7.74. The maximum atomic E-state index is 13.8. The molecule has 0 bridgehead atoms. The van der Waals surface area contributed by atoms with Crippen molar-refractivity contribution < 1.29 is 65.1 Å². The number of hydrogen-bond acceptors (Lipinski definition) is 17. The highest BCUT2D eigenvalue weighted by Gasteiger charge is 2.43. The molecule has 4 amide bonds. The Hall–Kier alpha value is -5.74. The van der Waals surface area contributed by atoms with E-state index >= 15 is 0 Å². The van der Waals surface area contributed by atoms with Crippen molar-refractivity contribution in [3.63, 3.8) is 0 Å². The van der Waals surface area contributed by atoms with Crippen LogP contribution in [0.3, 0.4) is 0 Å². The topological polar surface area (TPSA) is 279 Å². The van der Waals surface area contributed by atoms with E-state index in [2.05, 4.69) is 74.3 Å². The number of methoxy groups -OCH3 is 1. The lowest BCUT2D eigenvalue weighted by Gasteiger charge is -2.35. The molecule has 0 radical (unpaired) electrons. The highest BCUT2D eigenvalue weighted by molar-refractivity contribution is 7.44. The predicted octanol–water partition coefficient (Wildman–Crippen LogP) is 4.30. The number of H-pyrrole nitrogens is 1. The number of fused-ring (bicyclic) bond motifs is 1. The second-order valence-corrected chi connectivity index (χ2v) is 17.5. The standard InChI is InChI=1S/C44H62F3N10O12P/c1-28(2)38(59)54-43-53-37-36(40(61)55-43)51-32(26-50-37)27-56(42(63)44(45,46)47)33-12-10-31(11-13-33)39(60)52-34(41(62)64-7)14-15-35(58)49-17-9-18-65-20-21-66-22-23-67-24-25-69-70(68-19-8-16-48)57(29(3)4)30(5)6/h10-13,26,28-30,34H,8-9,14-15,17-25,27H2,1-7H3,(H,49,58)(H,52,60)(H2,50,53,54,55,59,61)/t34-,70?/m1/s1. The van der Waals surface area contributed by atoms with E-state index in [1.165, 1.54) is 0 Å². The van der Waals surface area contributed by atoms with Gasteiger partial charge in [-0.2, -0.15) is 23.4 Å². The molecule has 4 N–H and O–H groups in total. The molecular formula is C44H62F3N10O12P. The number of halogens is 3. The van der Waals surface area contributed by atoms with Gasteiger partial charge in [0.1, 0.15) is 6.04 Å². The van der Waals surface area contributed by atoms with E-state index in [1.54, 1.807) is 13.8 Å². The fourth-order valence-electron chi connectivity index (χ4n) is 6.17. The summed E-state index contributed by atoms with van der Waals surface area (Å²) in [6.07, 6.45) is -3.87. The zero-order valence-corrected chi connectivity index (χ0v) is 41.2. The summed E-state index contributed by atoms with van der Waals surface area (Å²) in [6, 6.07) is 5.59. The number of hydrogen-bond donors (Lipinski definition) is 4. The smallest absolute Gasteiger partial charge is 0.467 e. The van der Waals surface area contributed by atoms with Crippen LogP contribution in [0, 0.1) is 17.2 Å². The van der Waals surface area contributed by atoms with Crippen molar-refractivity contribution in [1.82, 2.24) is 35.2 Å². The molecule has 386 valence electrons. The molecule has 1 aromatic carbocycles. The van der Waals surface area contributed by atoms with Crippen molar-refractivity contribution in [2.75, 3.05) is 76.7 Å². The van der Waals surface area contributed by atoms with Gasteiger partial charge in [-0.1, -0.05) is 13.8 Å². The van der Waals surface area contributed by atoms with Gasteiger partial charge in [0.25, 0.3) is 20.0 Å². The number of nitrogens with zero attached hydrogens (tertiary/aromatic N) is 6. The van der Waals surface area contributed by atoms with Crippen molar-refractivity contribution in [1.29, 1.82) is 5.26 Å². The first-order valence-electron chi connectivity index (χ1n) is 22.4. The maximum absolute atomic E-state index is 13.8. The van der Waals surface area contributed by atoms with Crippen LogP contribution in [-0.4, -0.2) is 145 Å². The molecule has 1 unspecified atom stereocenters. The summed E-state index contributed by atoms with van der Waals surface area (Å²) in [4.78, 5) is 90.4. The van der Waals surface area contributed by atoms with Gasteiger partial charge in [-0.25, -0.2) is 19.4 Å². The first-order chi connectivity index (χ1) is 33.3. The van der Waals surface area contributed by atoms with Gasteiger partial charge in [0.05, 0.1) is 84.3 Å². The average molecular weight is 1010 g/mol. The first-order valence-corrected chi connectivity index (χ1v) is 23.6. The molecule has 2 atom stereocenters. The third kappa shape index (κ3) is 19.9. The summed E-state index contributed by atoms with van der Waals surface area (Å²) in [7, 11) is -0.240. The molecule has 0 saturated carbocycles. The van der Waals surface area contributed by atoms with Crippen molar-refractivity contribution in [2.45, 2.75) is 98.1 Å². The molecule has 26 heteroatoms. The quantitative estimate of drug-likeness (QED) is 0.0397. The third-order valence-electron chi connectivity index (χ3n) is 9.56. The molecule has 3 rings (SSSR count). The normalized spacial score (nSPS) is 12.5. The van der Waals surface area contributed by atoms with Gasteiger partial charge in [0, 0.05) is 48.8 Å². The molecule has 0 saturated heterocycles. The van der Waals surface area contributed by atoms with Gasteiger partial charge in [0.2, 0.25) is 17.8 Å². The molecule has 0 aliphatic heterocycles. The Balaban J connectivity index is 1.41. The summed E-state index contributed by atoms with van der Waals surface area (Å²) in [5.41, 5.74) is -2.05. The number of nitriles is 1. The molecular weight excluding hydrogens is 949 g/mol. The molecule has 22 nitrogen and oxygen atoms in total. The van der Waals surface area contributed by atoms with E-state index in [4.69, 9.17) is 33.3 Å². The molecule has 0 aliphatic rings. The van der Waals surface area contributed by atoms with E-state index < -0.39 is 68.4 Å². The molecule has 70 heavy (non-hydrogen) atoms. The van der Waals surface area contributed by atoms with Crippen LogP contribution < -0.4 is 26.4 Å². The van der Waals surface area contributed by atoms with Crippen molar-refractivity contribution in [3.8, 4) is 6.07 Å². The summed E-state index contributed by atoms with van der Waals surface area (Å²) >= 11 is 0. The maximum Gasteiger partial charge on any atom is 0.471 e. The van der Waals surface area contributed by atoms with Gasteiger partial charge in [-0.05, 0) is 64.8 Å². The second-order valence-electron chi connectivity index (χ2n) is 16.0. The minimum atomic E-state index is -5.34. The van der Waals surface area contributed by atoms with Crippen molar-refractivity contribution in [2.24, 2.45) is 5.92 Å². The Morgan fingerprint density at radius 3 is 2.07 bits per heavy atom. The van der Waals surface area contributed by atoms with Crippen LogP contribution in [-0.2, 0) is 53.7 Å². The predicted molar refractivity (Wildman–Crippen MR) is 249 cm³/mol. The van der Waals surface area contributed by atoms with Crippen LogP contribution in [0.2, 0.25) is 0 Å². The van der Waals surface area contributed by atoms with E-state index in [-0.39, 0.29) is 71.9 Å². The summed E-state index contributed by atoms with van der Waals surface area (Å²) < 4.78 is 76.8. The Labute approximate surface area is 404 Å². The lowest BCUT2D eigenvalue weighted by Crippen LogP contribution is -2.42. The lowest BCUT2D eigenvalue weighted by atomic mass is 10.1. The van der Waals surface area contributed by atoms with Gasteiger partial charge in [-0.15, -0.1) is 0 Å². The molecule has 3 aromatic rings. The number of alkyl halides is 3. The van der Waals surface area contributed by atoms with Crippen LogP contribution in [0.5, 0.6) is 0 Å². The number of carbonyl (C=O) groups excluding carboxylic acids is 5. The lowest BCUT2D eigenvalue weighted by molar-refractivity contribution is -0.170. The molecule has 0 spiro atoms. The largest absolute Gasteiger partial charge is 0.471 e. The molecule has 0 fully saturated rings. The van der Waals surface area contributed by atoms with Gasteiger partial charge in [0.15, 0.2) is 11.2 Å². The second kappa shape index (κ2) is 30.1. The van der Waals surface area contributed by atoms with Gasteiger partial charge in [-0.3, -0.25) is 39.2 Å². The summed E-state index contributed by atoms with van der Waals surface area (Å²) in [5, 5.41) is 16.4. The van der Waals surface area contributed by atoms with Crippen LogP contribution in [0.1, 0.15) is 83.3 Å². The minimum absolute atomic E-state index is 0.102. The SMILES string of the molecule is COC(=O)[C@@H](CCC(=O)NCCCOCCOCCOCCOP(OCCC#N)N(C(C)C)C(C)C)NC(=O)c1ccc(N(Cc2cnc3nc(NC(=O)C(C)C)[nH]c(=O)c3n2)C(=O)C(F)(F)F)cc1. The molecule has 0 aliphatic carbocycles. The molecule has 2 heterocycles. The number of ether oxygens (including phenoxy) is 4. The van der Waals surface area contributed by atoms with E-state index in [0.717, 1.165) is 37.6 Å². The number of aromatic amines is 1. The number of aromatic nitrogens is 4. The Morgan fingerprint density at radius 2 is 1.49 bits per heavy atom. The number of carbonyl (C=O) groups is 5. The minimum Gasteiger partial charge on any atom is -0.467 e. The monoisotopic (exact) mass is 1010 g/mol. The van der Waals surface area contributed by atoms with Crippen LogP contribution in [0.15, 0.2) is 35.3 Å². The number of benzene rings is 1. The number of anilines is 2. The van der Waals surface area contributed by atoms with Gasteiger partial charge >= 0.3 is 18.1 Å². The third-order valence-corrected chi connectivity index (χ3v) is 11.7. The van der Waals surface area contributed by atoms with E-state index in [9.17, 15) is 41.9 Å². The van der Waals surface area contributed by atoms with E-state index in [1.807, 2.05) is 0 Å². The van der Waals surface area contributed by atoms with Crippen molar-refractivity contribution in [3.05, 3.63) is 52.1 Å². The number of esters is 1. The highest BCUT2D eigenvalue weighted by atomic mass is 31.2. The summed E-state index contributed by atoms with van der Waals surface area (Å²) in [5.74, 6) is -5.45. The fraction of sp³-hybridized carbons (Fsp3) is 0.591. The van der Waals surface area contributed by atoms with Crippen LogP contribution >= 0.6 is 8.53 Å². The Morgan fingerprint density at radius 1 is 0.871 bits per heavy atom. The zero-order valence-electron chi connectivity index (χ0n) is 40.3. The molecule has 2 aromatic heterocycles. The first kappa shape index (κ1) is 58.6. The Kier molecular flexibility index (Phi) is 25.2. The highest BCUT2D eigenvalue weighted by Crippen LogP contribution is 2.45. The average Bonchev–Trinajstić information content (AvgIpc) is 3.31. The van der Waals surface area contributed by atoms with Crippen LogP contribution in [0.4, 0.5) is 24.8 Å². The number of amides is 4. The zero-order chi connectivity index (χ0) is 51.8. The van der Waals surface area contributed by atoms with Crippen LogP contribution in [0.25, 0.3) is 11.2 Å². The number of rotatable bonds is 31. The Bertz CT molecular complexity index is 2260.